The Morgan fingerprint density at radius 3 is 1.55 bits per heavy atom. The highest BCUT2D eigenvalue weighted by Gasteiger charge is 2.39. The fourth-order valence-corrected chi connectivity index (χ4v) is 5.99. The highest BCUT2D eigenvalue weighted by atomic mass is 32.2. The summed E-state index contributed by atoms with van der Waals surface area (Å²) in [5.74, 6) is 1.71. The third-order valence-electron chi connectivity index (χ3n) is 4.93. The van der Waals surface area contributed by atoms with Crippen molar-refractivity contribution in [2.75, 3.05) is 11.9 Å². The van der Waals surface area contributed by atoms with Gasteiger partial charge in [0, 0.05) is 7.05 Å². The molecular weight excluding hydrogens is 449 g/mol. The van der Waals surface area contributed by atoms with E-state index < -0.39 is 7.25 Å². The predicted molar refractivity (Wildman–Crippen MR) is 126 cm³/mol. The standard InChI is InChI=1S/C25H20NOS.BF4/c1-26-22-11-5-7-13-24(22)28(25-14-8-6-12-23(25)26)21-17-15-20(16-18-21)27-19-9-3-2-4-10-19;2-1(3,4)5/h2-18H,1H3;/q+1;-1. The van der Waals surface area contributed by atoms with Crippen LogP contribution in [0.2, 0.25) is 0 Å². The Morgan fingerprint density at radius 2 is 1.03 bits per heavy atom. The number of rotatable bonds is 3. The third-order valence-corrected chi connectivity index (χ3v) is 7.25. The van der Waals surface area contributed by atoms with Crippen LogP contribution in [0.25, 0.3) is 0 Å². The molecule has 5 rings (SSSR count). The van der Waals surface area contributed by atoms with Crippen LogP contribution in [0.1, 0.15) is 0 Å². The summed E-state index contributed by atoms with van der Waals surface area (Å²) in [5, 5.41) is 0. The van der Waals surface area contributed by atoms with Crippen LogP contribution in [0, 0.1) is 0 Å². The van der Waals surface area contributed by atoms with Crippen molar-refractivity contribution in [3.8, 4) is 11.5 Å². The van der Waals surface area contributed by atoms with Crippen LogP contribution in [0.5, 0.6) is 11.5 Å². The summed E-state index contributed by atoms with van der Waals surface area (Å²) in [6.07, 6.45) is 0. The van der Waals surface area contributed by atoms with Gasteiger partial charge < -0.3 is 26.9 Å². The van der Waals surface area contributed by atoms with Crippen molar-refractivity contribution < 1.29 is 22.0 Å². The number of para-hydroxylation sites is 3. The summed E-state index contributed by atoms with van der Waals surface area (Å²) < 4.78 is 45.0. The number of fused-ring (bicyclic) bond motifs is 2. The zero-order chi connectivity index (χ0) is 23.4. The van der Waals surface area contributed by atoms with Gasteiger partial charge in [0.15, 0.2) is 14.7 Å². The Kier molecular flexibility index (Phi) is 6.65. The molecule has 8 heteroatoms. The molecule has 0 fully saturated rings. The van der Waals surface area contributed by atoms with Crippen LogP contribution in [-0.2, 0) is 10.9 Å². The van der Waals surface area contributed by atoms with Gasteiger partial charge in [0.1, 0.15) is 22.4 Å². The molecule has 1 heterocycles. The Hall–Kier alpha value is -3.39. The lowest BCUT2D eigenvalue weighted by molar-refractivity contribution is 0.368. The molecule has 168 valence electrons. The Bertz CT molecular complexity index is 1170. The molecule has 0 radical (unpaired) electrons. The van der Waals surface area contributed by atoms with Gasteiger partial charge in [-0.25, -0.2) is 0 Å². The zero-order valence-electron chi connectivity index (χ0n) is 17.7. The second kappa shape index (κ2) is 9.62. The average Bonchev–Trinajstić information content (AvgIpc) is 2.80. The van der Waals surface area contributed by atoms with Crippen molar-refractivity contribution in [3.05, 3.63) is 103 Å². The quantitative estimate of drug-likeness (QED) is 0.172. The number of ether oxygens (including phenoxy) is 1. The van der Waals surface area contributed by atoms with Crippen LogP contribution in [0.4, 0.5) is 28.6 Å². The molecule has 0 bridgehead atoms. The number of halogens is 4. The van der Waals surface area contributed by atoms with E-state index in [9.17, 15) is 17.3 Å². The van der Waals surface area contributed by atoms with Crippen LogP contribution < -0.4 is 9.64 Å². The first-order valence-corrected chi connectivity index (χ1v) is 11.4. The second-order valence-corrected chi connectivity index (χ2v) is 9.15. The predicted octanol–water partition coefficient (Wildman–Crippen LogP) is 7.96. The van der Waals surface area contributed by atoms with Gasteiger partial charge in [0.2, 0.25) is 0 Å². The SMILES string of the molecule is CN1c2ccccc2[S+](c2ccc(Oc3ccccc3)cc2)c2ccccc21.F[B-](F)(F)F. The summed E-state index contributed by atoms with van der Waals surface area (Å²) >= 11 is 0. The summed E-state index contributed by atoms with van der Waals surface area (Å²) in [4.78, 5) is 6.32. The van der Waals surface area contributed by atoms with Crippen LogP contribution in [0.3, 0.4) is 0 Å². The van der Waals surface area contributed by atoms with Gasteiger partial charge in [-0.1, -0.05) is 42.5 Å². The molecule has 0 saturated heterocycles. The van der Waals surface area contributed by atoms with E-state index in [2.05, 4.69) is 84.7 Å². The van der Waals surface area contributed by atoms with E-state index in [1.165, 1.54) is 26.1 Å². The smallest absolute Gasteiger partial charge is 0.457 e. The van der Waals surface area contributed by atoms with E-state index in [-0.39, 0.29) is 10.9 Å². The van der Waals surface area contributed by atoms with Gasteiger partial charge >= 0.3 is 7.25 Å². The maximum atomic E-state index is 9.75. The minimum absolute atomic E-state index is 0.131. The number of hydrogen-bond acceptors (Lipinski definition) is 2. The van der Waals surface area contributed by atoms with Crippen molar-refractivity contribution in [2.24, 2.45) is 0 Å². The molecule has 2 nitrogen and oxygen atoms in total. The third kappa shape index (κ3) is 5.52. The number of anilines is 2. The normalized spacial score (nSPS) is 12.8. The van der Waals surface area contributed by atoms with Crippen LogP contribution in [-0.4, -0.2) is 14.3 Å². The molecule has 1 aliphatic rings. The summed E-state index contributed by atoms with van der Waals surface area (Å²) in [6.45, 7) is 0. The summed E-state index contributed by atoms with van der Waals surface area (Å²) in [5.41, 5.74) is 2.54. The van der Waals surface area contributed by atoms with Gasteiger partial charge in [0.05, 0.1) is 11.4 Å². The highest BCUT2D eigenvalue weighted by Crippen LogP contribution is 2.47. The van der Waals surface area contributed by atoms with Crippen molar-refractivity contribution in [1.29, 1.82) is 0 Å². The molecule has 4 aromatic carbocycles. The minimum Gasteiger partial charge on any atom is -0.457 e. The van der Waals surface area contributed by atoms with Crippen molar-refractivity contribution in [1.82, 2.24) is 0 Å². The lowest BCUT2D eigenvalue weighted by atomic mass is 10.2. The van der Waals surface area contributed by atoms with Gasteiger partial charge in [-0.2, -0.15) is 0 Å². The van der Waals surface area contributed by atoms with E-state index in [1.54, 1.807) is 0 Å². The van der Waals surface area contributed by atoms with E-state index in [4.69, 9.17) is 4.74 Å². The van der Waals surface area contributed by atoms with Crippen LogP contribution in [0.15, 0.2) is 118 Å². The maximum absolute atomic E-state index is 9.75. The van der Waals surface area contributed by atoms with Crippen molar-refractivity contribution >= 4 is 29.5 Å². The lowest BCUT2D eigenvalue weighted by Crippen LogP contribution is -2.22. The van der Waals surface area contributed by atoms with Crippen molar-refractivity contribution in [3.63, 3.8) is 0 Å². The van der Waals surface area contributed by atoms with E-state index in [1.807, 2.05) is 30.3 Å². The molecule has 0 N–H and O–H groups in total. The lowest BCUT2D eigenvalue weighted by Gasteiger charge is -2.28. The molecule has 1 aliphatic heterocycles. The van der Waals surface area contributed by atoms with Crippen molar-refractivity contribution in [2.45, 2.75) is 14.7 Å². The first-order chi connectivity index (χ1) is 15.8. The molecule has 0 aliphatic carbocycles. The fourth-order valence-electron chi connectivity index (χ4n) is 3.58. The molecule has 4 aromatic rings. The van der Waals surface area contributed by atoms with Crippen LogP contribution >= 0.6 is 0 Å². The molecule has 0 atom stereocenters. The first kappa shape index (κ1) is 22.8. The van der Waals surface area contributed by atoms with Gasteiger partial charge in [-0.3, -0.25) is 0 Å². The van der Waals surface area contributed by atoms with Gasteiger partial charge in [-0.05, 0) is 60.7 Å². The summed E-state index contributed by atoms with van der Waals surface area (Å²) in [7, 11) is -3.98. The Labute approximate surface area is 192 Å². The second-order valence-electron chi connectivity index (χ2n) is 7.18. The minimum atomic E-state index is -6.00. The van der Waals surface area contributed by atoms with E-state index in [0.29, 0.717) is 0 Å². The highest BCUT2D eigenvalue weighted by molar-refractivity contribution is 7.97. The molecule has 0 aromatic heterocycles. The topological polar surface area (TPSA) is 12.5 Å². The zero-order valence-corrected chi connectivity index (χ0v) is 18.5. The molecule has 0 spiro atoms. The number of hydrogen-bond donors (Lipinski definition) is 0. The first-order valence-electron chi connectivity index (χ1n) is 10.2. The Morgan fingerprint density at radius 1 is 0.606 bits per heavy atom. The molecule has 0 saturated carbocycles. The van der Waals surface area contributed by atoms with E-state index in [0.717, 1.165) is 11.5 Å². The van der Waals surface area contributed by atoms with E-state index >= 15 is 0 Å². The van der Waals surface area contributed by atoms with Gasteiger partial charge in [-0.15, -0.1) is 0 Å². The fraction of sp³-hybridized carbons (Fsp3) is 0.0400. The monoisotopic (exact) mass is 469 g/mol. The molecule has 0 unspecified atom stereocenters. The largest absolute Gasteiger partial charge is 0.673 e. The van der Waals surface area contributed by atoms with Gasteiger partial charge in [0.25, 0.3) is 0 Å². The molecular formula is C25H20BF4NOS. The number of nitrogens with zero attached hydrogens (tertiary/aromatic N) is 1. The summed E-state index contributed by atoms with van der Waals surface area (Å²) in [6, 6.07) is 35.8. The Balaban J connectivity index is 0.000000471. The molecule has 0 amide bonds. The average molecular weight is 469 g/mol. The maximum Gasteiger partial charge on any atom is 0.673 e. The molecule has 33 heavy (non-hydrogen) atoms. The number of benzene rings is 4.